The van der Waals surface area contributed by atoms with Crippen molar-refractivity contribution in [3.8, 4) is 11.4 Å². The summed E-state index contributed by atoms with van der Waals surface area (Å²) < 4.78 is 6.73. The van der Waals surface area contributed by atoms with Crippen LogP contribution in [0, 0.1) is 6.92 Å². The van der Waals surface area contributed by atoms with E-state index in [1.165, 1.54) is 0 Å². The first-order valence-corrected chi connectivity index (χ1v) is 7.69. The Morgan fingerprint density at radius 2 is 1.96 bits per heavy atom. The van der Waals surface area contributed by atoms with Gasteiger partial charge in [-0.25, -0.2) is 4.98 Å². The molecule has 5 nitrogen and oxygen atoms in total. The topological polar surface area (TPSA) is 56.1 Å². The minimum Gasteiger partial charge on any atom is -0.497 e. The van der Waals surface area contributed by atoms with Crippen molar-refractivity contribution in [1.82, 2.24) is 9.55 Å². The number of aromatic nitrogens is 2. The van der Waals surface area contributed by atoms with Crippen molar-refractivity contribution in [3.63, 3.8) is 0 Å². The Bertz CT molecular complexity index is 886. The van der Waals surface area contributed by atoms with Gasteiger partial charge in [0.2, 0.25) is 0 Å². The predicted octanol–water partition coefficient (Wildman–Crippen LogP) is 3.16. The van der Waals surface area contributed by atoms with E-state index in [1.54, 1.807) is 24.1 Å². The van der Waals surface area contributed by atoms with Crippen LogP contribution in [0.15, 0.2) is 65.7 Å². The first kappa shape index (κ1) is 15.8. The van der Waals surface area contributed by atoms with E-state index in [0.717, 1.165) is 22.6 Å². The van der Waals surface area contributed by atoms with Crippen LogP contribution in [0.2, 0.25) is 0 Å². The first-order chi connectivity index (χ1) is 11.7. The summed E-state index contributed by atoms with van der Waals surface area (Å²) in [7, 11) is 1.63. The van der Waals surface area contributed by atoms with Gasteiger partial charge in [-0.2, -0.15) is 0 Å². The summed E-state index contributed by atoms with van der Waals surface area (Å²) in [6.45, 7) is 2.52. The van der Waals surface area contributed by atoms with E-state index in [1.807, 2.05) is 55.5 Å². The van der Waals surface area contributed by atoms with Crippen LogP contribution in [0.3, 0.4) is 0 Å². The van der Waals surface area contributed by atoms with Gasteiger partial charge in [-0.05, 0) is 42.3 Å². The lowest BCUT2D eigenvalue weighted by Gasteiger charge is -2.10. The van der Waals surface area contributed by atoms with Gasteiger partial charge >= 0.3 is 0 Å². The number of hydrogen-bond acceptors (Lipinski definition) is 4. The monoisotopic (exact) mass is 321 g/mol. The molecule has 1 heterocycles. The average Bonchev–Trinajstić information content (AvgIpc) is 2.61. The van der Waals surface area contributed by atoms with Crippen molar-refractivity contribution in [3.05, 3.63) is 82.4 Å². The maximum atomic E-state index is 12.6. The molecule has 0 bridgehead atoms. The molecule has 0 saturated carbocycles. The van der Waals surface area contributed by atoms with Crippen molar-refractivity contribution in [2.45, 2.75) is 13.5 Å². The number of benzene rings is 2. The van der Waals surface area contributed by atoms with Crippen molar-refractivity contribution in [1.29, 1.82) is 0 Å². The highest BCUT2D eigenvalue weighted by atomic mass is 16.5. The number of rotatable bonds is 5. The fourth-order valence-corrected chi connectivity index (χ4v) is 2.44. The largest absolute Gasteiger partial charge is 0.497 e. The van der Waals surface area contributed by atoms with Crippen molar-refractivity contribution < 1.29 is 4.74 Å². The molecule has 2 aromatic carbocycles. The van der Waals surface area contributed by atoms with Crippen molar-refractivity contribution >= 4 is 5.82 Å². The smallest absolute Gasteiger partial charge is 0.297 e. The number of nitrogens with zero attached hydrogens (tertiary/aromatic N) is 2. The van der Waals surface area contributed by atoms with E-state index >= 15 is 0 Å². The molecule has 0 radical (unpaired) electrons. The van der Waals surface area contributed by atoms with Crippen LogP contribution in [0.25, 0.3) is 5.69 Å². The van der Waals surface area contributed by atoms with E-state index in [9.17, 15) is 4.79 Å². The minimum atomic E-state index is -0.170. The zero-order valence-corrected chi connectivity index (χ0v) is 13.7. The Hall–Kier alpha value is -3.08. The third-order valence-electron chi connectivity index (χ3n) is 3.74. The van der Waals surface area contributed by atoms with Crippen molar-refractivity contribution in [2.75, 3.05) is 12.4 Å². The van der Waals surface area contributed by atoms with E-state index < -0.39 is 0 Å². The molecule has 0 unspecified atom stereocenters. The van der Waals surface area contributed by atoms with Gasteiger partial charge in [-0.1, -0.05) is 24.3 Å². The summed E-state index contributed by atoms with van der Waals surface area (Å²) in [5, 5.41) is 3.11. The highest BCUT2D eigenvalue weighted by Gasteiger charge is 2.06. The maximum Gasteiger partial charge on any atom is 0.297 e. The van der Waals surface area contributed by atoms with Crippen molar-refractivity contribution in [2.24, 2.45) is 0 Å². The molecule has 0 amide bonds. The molecular weight excluding hydrogens is 302 g/mol. The lowest BCUT2D eigenvalue weighted by atomic mass is 10.2. The molecule has 0 spiro atoms. The Balaban J connectivity index is 1.81. The third-order valence-corrected chi connectivity index (χ3v) is 3.74. The summed E-state index contributed by atoms with van der Waals surface area (Å²) in [4.78, 5) is 16.8. The van der Waals surface area contributed by atoms with Gasteiger partial charge in [0.15, 0.2) is 5.82 Å². The minimum absolute atomic E-state index is 0.170. The average molecular weight is 321 g/mol. The van der Waals surface area contributed by atoms with E-state index in [-0.39, 0.29) is 5.56 Å². The molecule has 5 heteroatoms. The number of anilines is 1. The second-order valence-electron chi connectivity index (χ2n) is 5.49. The predicted molar refractivity (Wildman–Crippen MR) is 94.9 cm³/mol. The molecule has 1 aromatic heterocycles. The number of hydrogen-bond donors (Lipinski definition) is 1. The summed E-state index contributed by atoms with van der Waals surface area (Å²) in [6.07, 6.45) is 3.30. The number of ether oxygens (including phenoxy) is 1. The van der Waals surface area contributed by atoms with E-state index in [2.05, 4.69) is 10.3 Å². The molecular formula is C19H19N3O2. The molecule has 0 aliphatic heterocycles. The number of aryl methyl sites for hydroxylation is 1. The van der Waals surface area contributed by atoms with Gasteiger partial charge in [0.1, 0.15) is 5.75 Å². The lowest BCUT2D eigenvalue weighted by molar-refractivity contribution is 0.414. The molecule has 0 fully saturated rings. The van der Waals surface area contributed by atoms with E-state index in [4.69, 9.17) is 4.74 Å². The summed E-state index contributed by atoms with van der Waals surface area (Å²) in [5.74, 6) is 1.13. The zero-order valence-electron chi connectivity index (χ0n) is 13.7. The Labute approximate surface area is 140 Å². The van der Waals surface area contributed by atoms with Crippen LogP contribution in [0.1, 0.15) is 11.1 Å². The summed E-state index contributed by atoms with van der Waals surface area (Å²) in [6, 6.07) is 15.5. The number of methoxy groups -OCH3 is 1. The third kappa shape index (κ3) is 3.46. The van der Waals surface area contributed by atoms with E-state index in [0.29, 0.717) is 12.4 Å². The molecule has 3 rings (SSSR count). The molecule has 0 aliphatic carbocycles. The van der Waals surface area contributed by atoms with Crippen LogP contribution < -0.4 is 15.6 Å². The van der Waals surface area contributed by atoms with Gasteiger partial charge in [0.05, 0.1) is 7.11 Å². The van der Waals surface area contributed by atoms with Gasteiger partial charge in [0.25, 0.3) is 5.56 Å². The van der Waals surface area contributed by atoms with Crippen LogP contribution in [-0.2, 0) is 6.54 Å². The van der Waals surface area contributed by atoms with Crippen LogP contribution in [0.4, 0.5) is 5.82 Å². The SMILES string of the molecule is COc1ccc(CNc2nccn(-c3cccc(C)c3)c2=O)cc1. The lowest BCUT2D eigenvalue weighted by Crippen LogP contribution is -2.23. The van der Waals surface area contributed by atoms with Crippen LogP contribution >= 0.6 is 0 Å². The molecule has 1 N–H and O–H groups in total. The zero-order chi connectivity index (χ0) is 16.9. The molecule has 0 aliphatic rings. The Kier molecular flexibility index (Phi) is 4.61. The second-order valence-corrected chi connectivity index (χ2v) is 5.49. The standard InChI is InChI=1S/C19H19N3O2/c1-14-4-3-5-16(12-14)22-11-10-20-18(19(22)23)21-13-15-6-8-17(24-2)9-7-15/h3-12H,13H2,1-2H3,(H,20,21). The summed E-state index contributed by atoms with van der Waals surface area (Å²) in [5.41, 5.74) is 2.80. The fourth-order valence-electron chi connectivity index (χ4n) is 2.44. The molecule has 0 saturated heterocycles. The van der Waals surface area contributed by atoms with Gasteiger partial charge in [-0.15, -0.1) is 0 Å². The highest BCUT2D eigenvalue weighted by Crippen LogP contribution is 2.12. The van der Waals surface area contributed by atoms with Gasteiger partial charge in [-0.3, -0.25) is 9.36 Å². The maximum absolute atomic E-state index is 12.6. The first-order valence-electron chi connectivity index (χ1n) is 7.69. The second kappa shape index (κ2) is 7.00. The molecule has 24 heavy (non-hydrogen) atoms. The Morgan fingerprint density at radius 1 is 1.17 bits per heavy atom. The highest BCUT2D eigenvalue weighted by molar-refractivity contribution is 5.40. The van der Waals surface area contributed by atoms with Crippen LogP contribution in [0.5, 0.6) is 5.75 Å². The quantitative estimate of drug-likeness (QED) is 0.784. The summed E-state index contributed by atoms with van der Waals surface area (Å²) >= 11 is 0. The van der Waals surface area contributed by atoms with Gasteiger partial charge < -0.3 is 10.1 Å². The molecule has 122 valence electrons. The van der Waals surface area contributed by atoms with Gasteiger partial charge in [0, 0.05) is 24.6 Å². The fraction of sp³-hybridized carbons (Fsp3) is 0.158. The normalized spacial score (nSPS) is 10.4. The molecule has 0 atom stereocenters. The van der Waals surface area contributed by atoms with Crippen LogP contribution in [-0.4, -0.2) is 16.7 Å². The molecule has 3 aromatic rings. The number of nitrogens with one attached hydrogen (secondary N) is 1. The Morgan fingerprint density at radius 3 is 2.67 bits per heavy atom.